The summed E-state index contributed by atoms with van der Waals surface area (Å²) in [5, 5.41) is 1.70. The van der Waals surface area contributed by atoms with Crippen molar-refractivity contribution in [2.75, 3.05) is 0 Å². The van der Waals surface area contributed by atoms with Gasteiger partial charge in [0.25, 0.3) is 0 Å². The summed E-state index contributed by atoms with van der Waals surface area (Å²) in [4.78, 5) is 0. The minimum atomic E-state index is -1.49. The molecule has 1 atom stereocenters. The smallest absolute Gasteiger partial charge is 0.415 e. The van der Waals surface area contributed by atoms with Crippen LogP contribution in [0.1, 0.15) is 5.56 Å². The molecule has 0 aliphatic carbocycles. The molecule has 0 radical (unpaired) electrons. The molecular weight excluding hydrogens is 231 g/mol. The molecule has 82 valence electrons. The summed E-state index contributed by atoms with van der Waals surface area (Å²) in [5.41, 5.74) is 1.03. The van der Waals surface area contributed by atoms with Crippen LogP contribution >= 0.6 is 7.80 Å². The highest BCUT2D eigenvalue weighted by atomic mass is 31.1. The Morgan fingerprint density at radius 3 is 2.00 bits per heavy atom. The van der Waals surface area contributed by atoms with Crippen LogP contribution in [-0.4, -0.2) is 0 Å². The van der Waals surface area contributed by atoms with Crippen LogP contribution in [0.5, 0.6) is 0 Å². The van der Waals surface area contributed by atoms with Crippen LogP contribution in [0.25, 0.3) is 5.76 Å². The number of benzene rings is 2. The van der Waals surface area contributed by atoms with E-state index in [-0.39, 0.29) is 0 Å². The average molecular weight is 241 g/mol. The van der Waals surface area contributed by atoms with Gasteiger partial charge in [0, 0.05) is 5.56 Å². The van der Waals surface area contributed by atoms with Crippen molar-refractivity contribution in [3.8, 4) is 0 Å². The van der Waals surface area contributed by atoms with E-state index in [0.717, 1.165) is 21.9 Å². The van der Waals surface area contributed by atoms with Crippen molar-refractivity contribution in [1.29, 1.82) is 0 Å². The fourth-order valence-corrected chi connectivity index (χ4v) is 2.80. The van der Waals surface area contributed by atoms with Crippen molar-refractivity contribution < 1.29 is 9.30 Å². The standard InChI is InChI=1S/C14H10O2P/c15-17(12-4-2-1-3-5-12)13-8-6-11(7-9-13)14-10-16-14/h1-10H/q+1. The first kappa shape index (κ1) is 10.2. The molecule has 1 aliphatic heterocycles. The molecule has 0 N–H and O–H groups in total. The SMILES string of the molecule is O=[P+](c1ccccc1)c1ccc(C2=CO2)cc1. The summed E-state index contributed by atoms with van der Waals surface area (Å²) in [5.74, 6) is 0.895. The lowest BCUT2D eigenvalue weighted by molar-refractivity contribution is 0.563. The van der Waals surface area contributed by atoms with E-state index in [4.69, 9.17) is 4.74 Å². The molecule has 0 saturated heterocycles. The lowest BCUT2D eigenvalue weighted by Crippen LogP contribution is -2.05. The zero-order chi connectivity index (χ0) is 11.7. The van der Waals surface area contributed by atoms with Gasteiger partial charge in [-0.15, -0.1) is 0 Å². The van der Waals surface area contributed by atoms with Gasteiger partial charge in [-0.1, -0.05) is 22.8 Å². The Labute approximate surface area is 100 Å². The number of rotatable bonds is 3. The highest BCUT2D eigenvalue weighted by Gasteiger charge is 2.23. The lowest BCUT2D eigenvalue weighted by atomic mass is 10.2. The fraction of sp³-hybridized carbons (Fsp3) is 0. The molecule has 1 aliphatic rings. The predicted molar refractivity (Wildman–Crippen MR) is 68.8 cm³/mol. The van der Waals surface area contributed by atoms with Crippen LogP contribution in [-0.2, 0) is 9.30 Å². The van der Waals surface area contributed by atoms with E-state index >= 15 is 0 Å². The van der Waals surface area contributed by atoms with Crippen molar-refractivity contribution >= 4 is 24.2 Å². The second kappa shape index (κ2) is 4.15. The van der Waals surface area contributed by atoms with Gasteiger partial charge in [-0.25, -0.2) is 0 Å². The van der Waals surface area contributed by atoms with E-state index in [2.05, 4.69) is 0 Å². The molecule has 1 unspecified atom stereocenters. The van der Waals surface area contributed by atoms with Crippen LogP contribution in [0.4, 0.5) is 0 Å². The van der Waals surface area contributed by atoms with Crippen LogP contribution in [0, 0.1) is 0 Å². The van der Waals surface area contributed by atoms with Gasteiger partial charge in [0.15, 0.2) is 16.4 Å². The lowest BCUT2D eigenvalue weighted by Gasteiger charge is -1.92. The Morgan fingerprint density at radius 2 is 1.41 bits per heavy atom. The summed E-state index contributed by atoms with van der Waals surface area (Å²) in [6.45, 7) is 0. The number of hydrogen-bond acceptors (Lipinski definition) is 2. The van der Waals surface area contributed by atoms with Gasteiger partial charge in [-0.05, 0) is 36.4 Å². The van der Waals surface area contributed by atoms with Gasteiger partial charge >= 0.3 is 7.80 Å². The molecule has 0 aromatic heterocycles. The van der Waals surface area contributed by atoms with Gasteiger partial charge in [-0.3, -0.25) is 0 Å². The van der Waals surface area contributed by atoms with Crippen molar-refractivity contribution in [2.45, 2.75) is 0 Å². The molecule has 0 bridgehead atoms. The maximum atomic E-state index is 12.2. The Morgan fingerprint density at radius 1 is 0.824 bits per heavy atom. The van der Waals surface area contributed by atoms with Crippen molar-refractivity contribution in [3.05, 3.63) is 66.4 Å². The minimum Gasteiger partial charge on any atom is -0.457 e. The fourth-order valence-electron chi connectivity index (χ4n) is 1.64. The van der Waals surface area contributed by atoms with Gasteiger partial charge in [0.05, 0.1) is 0 Å². The Kier molecular flexibility index (Phi) is 2.50. The van der Waals surface area contributed by atoms with E-state index in [1.165, 1.54) is 0 Å². The van der Waals surface area contributed by atoms with Gasteiger partial charge in [-0.2, -0.15) is 0 Å². The van der Waals surface area contributed by atoms with Crippen LogP contribution in [0.2, 0.25) is 0 Å². The minimum absolute atomic E-state index is 0.844. The summed E-state index contributed by atoms with van der Waals surface area (Å²) in [6, 6.07) is 17.2. The largest absolute Gasteiger partial charge is 0.457 e. The molecule has 17 heavy (non-hydrogen) atoms. The normalized spacial score (nSPS) is 13.6. The first-order chi connectivity index (χ1) is 8.34. The predicted octanol–water partition coefficient (Wildman–Crippen LogP) is 2.79. The topological polar surface area (TPSA) is 29.6 Å². The van der Waals surface area contributed by atoms with Gasteiger partial charge in [0.2, 0.25) is 0 Å². The monoisotopic (exact) mass is 241 g/mol. The summed E-state index contributed by atoms with van der Waals surface area (Å²) < 4.78 is 17.2. The maximum Gasteiger partial charge on any atom is 0.415 e. The van der Waals surface area contributed by atoms with E-state index in [0.29, 0.717) is 0 Å². The number of hydrogen-bond donors (Lipinski definition) is 0. The van der Waals surface area contributed by atoms with Crippen LogP contribution < -0.4 is 10.6 Å². The highest BCUT2D eigenvalue weighted by Crippen LogP contribution is 2.27. The molecule has 2 nitrogen and oxygen atoms in total. The molecule has 2 aromatic carbocycles. The summed E-state index contributed by atoms with van der Waals surface area (Å²) in [6.07, 6.45) is 1.70. The van der Waals surface area contributed by atoms with Crippen molar-refractivity contribution in [3.63, 3.8) is 0 Å². The van der Waals surface area contributed by atoms with Gasteiger partial charge < -0.3 is 4.74 Å². The van der Waals surface area contributed by atoms with E-state index in [1.54, 1.807) is 6.26 Å². The van der Waals surface area contributed by atoms with Crippen molar-refractivity contribution in [2.24, 2.45) is 0 Å². The highest BCUT2D eigenvalue weighted by molar-refractivity contribution is 7.61. The Bertz CT molecular complexity index is 585. The summed E-state index contributed by atoms with van der Waals surface area (Å²) >= 11 is 0. The van der Waals surface area contributed by atoms with Crippen LogP contribution in [0.15, 0.2) is 60.9 Å². The Hall–Kier alpha value is -1.92. The van der Waals surface area contributed by atoms with E-state index < -0.39 is 7.80 Å². The third-order valence-electron chi connectivity index (χ3n) is 2.61. The zero-order valence-corrected chi connectivity index (χ0v) is 9.93. The molecular formula is C14H10O2P+. The number of ether oxygens (including phenoxy) is 1. The molecule has 0 amide bonds. The second-order valence-corrected chi connectivity index (χ2v) is 5.40. The Balaban J connectivity index is 1.89. The third-order valence-corrected chi connectivity index (χ3v) is 4.15. The first-order valence-corrected chi connectivity index (χ1v) is 6.60. The second-order valence-electron chi connectivity index (χ2n) is 3.78. The zero-order valence-electron chi connectivity index (χ0n) is 9.04. The first-order valence-electron chi connectivity index (χ1n) is 5.34. The molecule has 0 spiro atoms. The van der Waals surface area contributed by atoms with E-state index in [1.807, 2.05) is 54.6 Å². The van der Waals surface area contributed by atoms with Crippen molar-refractivity contribution in [1.82, 2.24) is 0 Å². The molecule has 0 saturated carbocycles. The molecule has 2 aromatic rings. The average Bonchev–Trinajstić information content (AvgIpc) is 3.24. The van der Waals surface area contributed by atoms with Gasteiger partial charge in [0.1, 0.15) is 6.26 Å². The molecule has 1 heterocycles. The van der Waals surface area contributed by atoms with Crippen LogP contribution in [0.3, 0.4) is 0 Å². The molecule has 3 rings (SSSR count). The molecule has 3 heteroatoms. The molecule has 0 fully saturated rings. The maximum absolute atomic E-state index is 12.2. The third kappa shape index (κ3) is 2.13. The quantitative estimate of drug-likeness (QED) is 0.773. The van der Waals surface area contributed by atoms with E-state index in [9.17, 15) is 4.57 Å². The summed E-state index contributed by atoms with van der Waals surface area (Å²) in [7, 11) is -1.49.